The molecule has 0 fully saturated rings. The summed E-state index contributed by atoms with van der Waals surface area (Å²) in [5.74, 6) is 0.268. The fourth-order valence-corrected chi connectivity index (χ4v) is 2.94. The molecule has 116 valence electrons. The van der Waals surface area contributed by atoms with Gasteiger partial charge < -0.3 is 10.4 Å². The number of rotatable bonds is 6. The van der Waals surface area contributed by atoms with Crippen LogP contribution in [-0.4, -0.2) is 27.5 Å². The molecular weight excluding hydrogens is 250 g/mol. The molecule has 1 aromatic heterocycles. The van der Waals surface area contributed by atoms with Crippen molar-refractivity contribution in [2.24, 2.45) is 18.4 Å². The second kappa shape index (κ2) is 6.27. The van der Waals surface area contributed by atoms with Crippen molar-refractivity contribution in [2.75, 3.05) is 6.54 Å². The maximum absolute atomic E-state index is 10.3. The van der Waals surface area contributed by atoms with E-state index in [9.17, 15) is 5.11 Å². The molecule has 0 aliphatic carbocycles. The highest BCUT2D eigenvalue weighted by atomic mass is 16.3. The van der Waals surface area contributed by atoms with Crippen LogP contribution in [-0.2, 0) is 7.05 Å². The van der Waals surface area contributed by atoms with Crippen molar-refractivity contribution < 1.29 is 5.11 Å². The Kier molecular flexibility index (Phi) is 5.39. The molecule has 2 unspecified atom stereocenters. The molecule has 0 saturated carbocycles. The smallest absolute Gasteiger partial charge is 0.0644 e. The molecule has 1 rings (SSSR count). The summed E-state index contributed by atoms with van der Waals surface area (Å²) in [5, 5.41) is 18.3. The third-order valence-corrected chi connectivity index (χ3v) is 4.29. The van der Waals surface area contributed by atoms with Crippen LogP contribution in [0.2, 0.25) is 0 Å². The van der Waals surface area contributed by atoms with Crippen LogP contribution in [0.1, 0.15) is 57.6 Å². The average Bonchev–Trinajstić information content (AvgIpc) is 2.59. The minimum Gasteiger partial charge on any atom is -0.392 e. The molecule has 0 aliphatic heterocycles. The highest BCUT2D eigenvalue weighted by Crippen LogP contribution is 2.27. The first kappa shape index (κ1) is 17.2. The van der Waals surface area contributed by atoms with Gasteiger partial charge in [0.2, 0.25) is 0 Å². The lowest BCUT2D eigenvalue weighted by atomic mass is 9.80. The van der Waals surface area contributed by atoms with Gasteiger partial charge in [0.05, 0.1) is 11.8 Å². The normalized spacial score (nSPS) is 15.7. The van der Waals surface area contributed by atoms with E-state index in [0.717, 1.165) is 12.2 Å². The van der Waals surface area contributed by atoms with Crippen molar-refractivity contribution in [3.63, 3.8) is 0 Å². The van der Waals surface area contributed by atoms with Gasteiger partial charge in [0, 0.05) is 36.3 Å². The maximum Gasteiger partial charge on any atom is 0.0644 e. The number of hydrogen-bond acceptors (Lipinski definition) is 3. The van der Waals surface area contributed by atoms with E-state index in [1.54, 1.807) is 0 Å². The molecule has 1 heterocycles. The van der Waals surface area contributed by atoms with Crippen LogP contribution in [0, 0.1) is 25.2 Å². The Balaban J connectivity index is 2.75. The summed E-state index contributed by atoms with van der Waals surface area (Å²) in [7, 11) is 1.98. The highest BCUT2D eigenvalue weighted by molar-refractivity contribution is 5.27. The van der Waals surface area contributed by atoms with Gasteiger partial charge in [-0.1, -0.05) is 27.7 Å². The van der Waals surface area contributed by atoms with E-state index in [2.05, 4.69) is 58.9 Å². The number of hydrogen-bond donors (Lipinski definition) is 2. The van der Waals surface area contributed by atoms with Gasteiger partial charge in [-0.05, 0) is 26.7 Å². The van der Waals surface area contributed by atoms with Gasteiger partial charge in [-0.2, -0.15) is 5.10 Å². The van der Waals surface area contributed by atoms with Crippen molar-refractivity contribution in [1.29, 1.82) is 0 Å². The zero-order chi connectivity index (χ0) is 15.7. The fraction of sp³-hybridized carbons (Fsp3) is 0.812. The lowest BCUT2D eigenvalue weighted by Crippen LogP contribution is -2.42. The summed E-state index contributed by atoms with van der Waals surface area (Å²) in [6.07, 6.45) is -0.307. The summed E-state index contributed by atoms with van der Waals surface area (Å²) >= 11 is 0. The van der Waals surface area contributed by atoms with Crippen LogP contribution in [0.5, 0.6) is 0 Å². The summed E-state index contributed by atoms with van der Waals surface area (Å²) in [5.41, 5.74) is 3.39. The van der Waals surface area contributed by atoms with E-state index in [4.69, 9.17) is 0 Å². The third kappa shape index (κ3) is 3.61. The molecule has 0 bridgehead atoms. The van der Waals surface area contributed by atoms with E-state index < -0.39 is 0 Å². The Bertz CT molecular complexity index is 449. The molecule has 1 aromatic rings. The Morgan fingerprint density at radius 2 is 1.80 bits per heavy atom. The van der Waals surface area contributed by atoms with Crippen LogP contribution in [0.3, 0.4) is 0 Å². The van der Waals surface area contributed by atoms with E-state index in [1.165, 1.54) is 11.3 Å². The Hall–Kier alpha value is -0.870. The first-order chi connectivity index (χ1) is 9.08. The van der Waals surface area contributed by atoms with E-state index in [1.807, 2.05) is 11.7 Å². The van der Waals surface area contributed by atoms with Crippen molar-refractivity contribution in [1.82, 2.24) is 15.1 Å². The van der Waals surface area contributed by atoms with Gasteiger partial charge in [0.25, 0.3) is 0 Å². The van der Waals surface area contributed by atoms with Crippen LogP contribution < -0.4 is 5.32 Å². The third-order valence-electron chi connectivity index (χ3n) is 4.29. The number of aryl methyl sites for hydroxylation is 2. The first-order valence-corrected chi connectivity index (χ1v) is 7.49. The quantitative estimate of drug-likeness (QED) is 0.843. The van der Waals surface area contributed by atoms with Crippen LogP contribution in [0.4, 0.5) is 0 Å². The molecule has 0 aliphatic rings. The Morgan fingerprint density at radius 3 is 2.20 bits per heavy atom. The van der Waals surface area contributed by atoms with Gasteiger partial charge in [0.1, 0.15) is 0 Å². The van der Waals surface area contributed by atoms with Gasteiger partial charge in [-0.15, -0.1) is 0 Å². The van der Waals surface area contributed by atoms with Gasteiger partial charge in [0.15, 0.2) is 0 Å². The molecule has 0 amide bonds. The first-order valence-electron chi connectivity index (χ1n) is 7.49. The minimum absolute atomic E-state index is 0.146. The van der Waals surface area contributed by atoms with Gasteiger partial charge in [-0.3, -0.25) is 4.68 Å². The monoisotopic (exact) mass is 281 g/mol. The van der Waals surface area contributed by atoms with E-state index in [0.29, 0.717) is 0 Å². The average molecular weight is 281 g/mol. The molecule has 0 aromatic carbocycles. The topological polar surface area (TPSA) is 50.1 Å². The molecule has 0 saturated heterocycles. The molecule has 2 atom stereocenters. The standard InChI is InChI=1S/C16H31N3O/c1-10(2)15(20)16(6,7)9-17-11(3)14-12(4)18-19(8)13(14)5/h10-11,15,17,20H,9H2,1-8H3. The number of aliphatic hydroxyl groups excluding tert-OH is 1. The SMILES string of the molecule is Cc1nn(C)c(C)c1C(C)NCC(C)(C)C(O)C(C)C. The zero-order valence-corrected chi connectivity index (χ0v) is 14.3. The van der Waals surface area contributed by atoms with Crippen molar-refractivity contribution in [3.05, 3.63) is 17.0 Å². The van der Waals surface area contributed by atoms with Crippen molar-refractivity contribution in [2.45, 2.75) is 60.6 Å². The minimum atomic E-state index is -0.307. The van der Waals surface area contributed by atoms with E-state index >= 15 is 0 Å². The van der Waals surface area contributed by atoms with Crippen molar-refractivity contribution >= 4 is 0 Å². The molecule has 0 radical (unpaired) electrons. The van der Waals surface area contributed by atoms with Crippen molar-refractivity contribution in [3.8, 4) is 0 Å². The second-order valence-electron chi connectivity index (χ2n) is 6.99. The maximum atomic E-state index is 10.3. The zero-order valence-electron chi connectivity index (χ0n) is 14.3. The predicted molar refractivity (Wildman–Crippen MR) is 83.7 cm³/mol. The number of aliphatic hydroxyl groups is 1. The van der Waals surface area contributed by atoms with Crippen LogP contribution in [0.15, 0.2) is 0 Å². The lowest BCUT2D eigenvalue weighted by Gasteiger charge is -2.34. The molecule has 20 heavy (non-hydrogen) atoms. The Morgan fingerprint density at radius 1 is 1.25 bits per heavy atom. The number of aromatic nitrogens is 2. The highest BCUT2D eigenvalue weighted by Gasteiger charge is 2.30. The van der Waals surface area contributed by atoms with Crippen LogP contribution >= 0.6 is 0 Å². The van der Waals surface area contributed by atoms with E-state index in [-0.39, 0.29) is 23.5 Å². The number of nitrogens with one attached hydrogen (secondary N) is 1. The predicted octanol–water partition coefficient (Wildman–Crippen LogP) is 2.73. The van der Waals surface area contributed by atoms with Gasteiger partial charge in [-0.25, -0.2) is 0 Å². The summed E-state index contributed by atoms with van der Waals surface area (Å²) in [4.78, 5) is 0. The number of nitrogens with zero attached hydrogens (tertiary/aromatic N) is 2. The summed E-state index contributed by atoms with van der Waals surface area (Å²) in [6, 6.07) is 0.238. The second-order valence-corrected chi connectivity index (χ2v) is 6.99. The van der Waals surface area contributed by atoms with Gasteiger partial charge >= 0.3 is 0 Å². The fourth-order valence-electron chi connectivity index (χ4n) is 2.94. The summed E-state index contributed by atoms with van der Waals surface area (Å²) < 4.78 is 1.93. The molecular formula is C16H31N3O. The molecule has 4 nitrogen and oxygen atoms in total. The lowest BCUT2D eigenvalue weighted by molar-refractivity contribution is 0.0123. The summed E-state index contributed by atoms with van der Waals surface area (Å²) in [6.45, 7) is 15.4. The molecule has 2 N–H and O–H groups in total. The largest absolute Gasteiger partial charge is 0.392 e. The Labute approximate surface area is 123 Å². The molecule has 0 spiro atoms. The molecule has 4 heteroatoms. The van der Waals surface area contributed by atoms with Crippen LogP contribution in [0.25, 0.3) is 0 Å².